The quantitative estimate of drug-likeness (QED) is 0.929. The summed E-state index contributed by atoms with van der Waals surface area (Å²) in [4.78, 5) is 15.5. The van der Waals surface area contributed by atoms with Crippen LogP contribution in [0.15, 0.2) is 5.38 Å². The molecule has 0 atom stereocenters. The SMILES string of the molecule is CC(C)(C)c1csc(NC(=O)COCC(F)(F)F)n1. The van der Waals surface area contributed by atoms with E-state index in [-0.39, 0.29) is 5.41 Å². The summed E-state index contributed by atoms with van der Waals surface area (Å²) >= 11 is 1.22. The summed E-state index contributed by atoms with van der Waals surface area (Å²) in [6, 6.07) is 0. The summed E-state index contributed by atoms with van der Waals surface area (Å²) in [6.07, 6.45) is -4.43. The summed E-state index contributed by atoms with van der Waals surface area (Å²) in [6.45, 7) is 3.83. The average molecular weight is 296 g/mol. The van der Waals surface area contributed by atoms with Crippen LogP contribution in [0, 0.1) is 0 Å². The van der Waals surface area contributed by atoms with E-state index in [1.807, 2.05) is 20.8 Å². The van der Waals surface area contributed by atoms with Gasteiger partial charge in [0.15, 0.2) is 5.13 Å². The Morgan fingerprint density at radius 1 is 1.42 bits per heavy atom. The molecule has 0 aliphatic heterocycles. The number of amides is 1. The van der Waals surface area contributed by atoms with E-state index >= 15 is 0 Å². The second kappa shape index (κ2) is 5.87. The minimum absolute atomic E-state index is 0.147. The van der Waals surface area contributed by atoms with Gasteiger partial charge in [-0.2, -0.15) is 13.2 Å². The zero-order valence-electron chi connectivity index (χ0n) is 10.8. The van der Waals surface area contributed by atoms with Gasteiger partial charge in [-0.15, -0.1) is 11.3 Å². The fourth-order valence-electron chi connectivity index (χ4n) is 1.09. The second-order valence-corrected chi connectivity index (χ2v) is 5.80. The number of nitrogens with zero attached hydrogens (tertiary/aromatic N) is 1. The van der Waals surface area contributed by atoms with Gasteiger partial charge in [0.25, 0.3) is 5.91 Å². The van der Waals surface area contributed by atoms with Crippen molar-refractivity contribution >= 4 is 22.4 Å². The maximum atomic E-state index is 11.8. The fraction of sp³-hybridized carbons (Fsp3) is 0.636. The summed E-state index contributed by atoms with van der Waals surface area (Å²) in [7, 11) is 0. The van der Waals surface area contributed by atoms with Gasteiger partial charge in [-0.3, -0.25) is 10.1 Å². The van der Waals surface area contributed by atoms with E-state index in [0.717, 1.165) is 5.69 Å². The van der Waals surface area contributed by atoms with Gasteiger partial charge < -0.3 is 4.74 Å². The van der Waals surface area contributed by atoms with Crippen molar-refractivity contribution in [2.24, 2.45) is 0 Å². The first-order valence-corrected chi connectivity index (χ1v) is 6.36. The van der Waals surface area contributed by atoms with Crippen molar-refractivity contribution in [3.05, 3.63) is 11.1 Å². The Balaban J connectivity index is 2.43. The third-order valence-corrected chi connectivity index (χ3v) is 2.78. The smallest absolute Gasteiger partial charge is 0.362 e. The van der Waals surface area contributed by atoms with Crippen LogP contribution in [0.5, 0.6) is 0 Å². The minimum atomic E-state index is -4.43. The Bertz CT molecular complexity index is 438. The van der Waals surface area contributed by atoms with Crippen LogP contribution in [-0.2, 0) is 14.9 Å². The van der Waals surface area contributed by atoms with E-state index in [9.17, 15) is 18.0 Å². The molecule has 8 heteroatoms. The largest absolute Gasteiger partial charge is 0.411 e. The van der Waals surface area contributed by atoms with Crippen molar-refractivity contribution in [2.75, 3.05) is 18.5 Å². The molecule has 0 saturated heterocycles. The number of carbonyl (C=O) groups excluding carboxylic acids is 1. The van der Waals surface area contributed by atoms with Crippen molar-refractivity contribution in [2.45, 2.75) is 32.4 Å². The lowest BCUT2D eigenvalue weighted by Gasteiger charge is -2.14. The van der Waals surface area contributed by atoms with Crippen LogP contribution in [0.1, 0.15) is 26.5 Å². The summed E-state index contributed by atoms with van der Waals surface area (Å²) in [5.74, 6) is -0.654. The van der Waals surface area contributed by atoms with E-state index < -0.39 is 25.3 Å². The molecule has 0 bridgehead atoms. The molecule has 1 heterocycles. The lowest BCUT2D eigenvalue weighted by molar-refractivity contribution is -0.174. The fourth-order valence-corrected chi connectivity index (χ4v) is 2.04. The highest BCUT2D eigenvalue weighted by Crippen LogP contribution is 2.26. The van der Waals surface area contributed by atoms with Crippen LogP contribution in [0.25, 0.3) is 0 Å². The molecule has 1 rings (SSSR count). The first-order valence-electron chi connectivity index (χ1n) is 5.48. The normalized spacial score (nSPS) is 12.5. The number of nitrogens with one attached hydrogen (secondary N) is 1. The first kappa shape index (κ1) is 15.9. The molecular weight excluding hydrogens is 281 g/mol. The van der Waals surface area contributed by atoms with Crippen LogP contribution in [0.3, 0.4) is 0 Å². The summed E-state index contributed by atoms with van der Waals surface area (Å²) < 4.78 is 39.6. The van der Waals surface area contributed by atoms with E-state index in [2.05, 4.69) is 15.0 Å². The lowest BCUT2D eigenvalue weighted by atomic mass is 9.93. The number of thiazole rings is 1. The van der Waals surface area contributed by atoms with Crippen molar-refractivity contribution in [3.63, 3.8) is 0 Å². The van der Waals surface area contributed by atoms with E-state index in [1.54, 1.807) is 5.38 Å². The highest BCUT2D eigenvalue weighted by atomic mass is 32.1. The Morgan fingerprint density at radius 2 is 2.05 bits per heavy atom. The van der Waals surface area contributed by atoms with Crippen LogP contribution in [0.2, 0.25) is 0 Å². The zero-order chi connectivity index (χ0) is 14.7. The molecule has 0 radical (unpaired) electrons. The first-order chi connectivity index (χ1) is 8.58. The molecule has 0 aliphatic carbocycles. The van der Waals surface area contributed by atoms with Crippen molar-refractivity contribution < 1.29 is 22.7 Å². The molecule has 1 aromatic rings. The van der Waals surface area contributed by atoms with E-state index in [0.29, 0.717) is 5.13 Å². The number of rotatable bonds is 4. The lowest BCUT2D eigenvalue weighted by Crippen LogP contribution is -2.24. The highest BCUT2D eigenvalue weighted by molar-refractivity contribution is 7.13. The monoisotopic (exact) mass is 296 g/mol. The molecule has 1 amide bonds. The molecule has 108 valence electrons. The molecule has 0 fully saturated rings. The topological polar surface area (TPSA) is 51.2 Å². The van der Waals surface area contributed by atoms with Gasteiger partial charge in [-0.25, -0.2) is 4.98 Å². The zero-order valence-corrected chi connectivity index (χ0v) is 11.6. The Morgan fingerprint density at radius 3 is 2.53 bits per heavy atom. The molecule has 4 nitrogen and oxygen atoms in total. The number of aromatic nitrogens is 1. The van der Waals surface area contributed by atoms with Gasteiger partial charge >= 0.3 is 6.18 Å². The molecule has 0 saturated carbocycles. The van der Waals surface area contributed by atoms with Gasteiger partial charge in [-0.1, -0.05) is 20.8 Å². The Hall–Kier alpha value is -1.15. The standard InChI is InChI=1S/C11H15F3N2O2S/c1-10(2,3)7-5-19-9(15-7)16-8(17)4-18-6-11(12,13)14/h5H,4,6H2,1-3H3,(H,15,16,17). The number of alkyl halides is 3. The summed E-state index contributed by atoms with van der Waals surface area (Å²) in [5.41, 5.74) is 0.663. The van der Waals surface area contributed by atoms with Crippen LogP contribution < -0.4 is 5.32 Å². The maximum absolute atomic E-state index is 11.8. The molecule has 0 aliphatic rings. The Kier molecular flexibility index (Phi) is 4.92. The highest BCUT2D eigenvalue weighted by Gasteiger charge is 2.27. The number of anilines is 1. The van der Waals surface area contributed by atoms with Crippen LogP contribution >= 0.6 is 11.3 Å². The molecule has 0 aromatic carbocycles. The number of ether oxygens (including phenoxy) is 1. The molecule has 0 spiro atoms. The van der Waals surface area contributed by atoms with Gasteiger partial charge in [0, 0.05) is 10.8 Å². The predicted octanol–water partition coefficient (Wildman–Crippen LogP) is 2.96. The third-order valence-electron chi connectivity index (χ3n) is 2.02. The second-order valence-electron chi connectivity index (χ2n) is 4.94. The van der Waals surface area contributed by atoms with Gasteiger partial charge in [0.1, 0.15) is 13.2 Å². The molecule has 1 N–H and O–H groups in total. The van der Waals surface area contributed by atoms with Crippen LogP contribution in [0.4, 0.5) is 18.3 Å². The maximum Gasteiger partial charge on any atom is 0.411 e. The predicted molar refractivity (Wildman–Crippen MR) is 66.3 cm³/mol. The van der Waals surface area contributed by atoms with Crippen molar-refractivity contribution in [1.29, 1.82) is 0 Å². The number of carbonyl (C=O) groups is 1. The van der Waals surface area contributed by atoms with Crippen molar-refractivity contribution in [1.82, 2.24) is 4.98 Å². The van der Waals surface area contributed by atoms with Gasteiger partial charge in [0.05, 0.1) is 5.69 Å². The minimum Gasteiger partial charge on any atom is -0.362 e. The number of hydrogen-bond donors (Lipinski definition) is 1. The average Bonchev–Trinajstić information content (AvgIpc) is 2.63. The van der Waals surface area contributed by atoms with E-state index in [1.165, 1.54) is 11.3 Å². The van der Waals surface area contributed by atoms with Gasteiger partial charge in [0.2, 0.25) is 0 Å². The van der Waals surface area contributed by atoms with Crippen LogP contribution in [-0.4, -0.2) is 30.3 Å². The molecule has 19 heavy (non-hydrogen) atoms. The molecular formula is C11H15F3N2O2S. The Labute approximate surface area is 113 Å². The van der Waals surface area contributed by atoms with Gasteiger partial charge in [-0.05, 0) is 0 Å². The molecule has 0 unspecified atom stereocenters. The van der Waals surface area contributed by atoms with E-state index in [4.69, 9.17) is 0 Å². The van der Waals surface area contributed by atoms with Crippen molar-refractivity contribution in [3.8, 4) is 0 Å². The number of halogens is 3. The number of hydrogen-bond acceptors (Lipinski definition) is 4. The molecule has 1 aromatic heterocycles. The summed E-state index contributed by atoms with van der Waals surface area (Å²) in [5, 5.41) is 4.55. The third kappa shape index (κ3) is 6.02.